The SMILES string of the molecule is CCCCC(=O)OCc1cnc(-c2ccccc2)s1. The van der Waals surface area contributed by atoms with Crippen LogP contribution in [-0.4, -0.2) is 11.0 Å². The number of benzene rings is 1. The third-order valence-electron chi connectivity index (χ3n) is 2.68. The van der Waals surface area contributed by atoms with Crippen LogP contribution < -0.4 is 0 Å². The first-order valence-electron chi connectivity index (χ1n) is 6.45. The molecule has 0 bridgehead atoms. The van der Waals surface area contributed by atoms with E-state index in [0.717, 1.165) is 28.3 Å². The summed E-state index contributed by atoms with van der Waals surface area (Å²) in [6.45, 7) is 2.38. The summed E-state index contributed by atoms with van der Waals surface area (Å²) in [6.07, 6.45) is 4.17. The maximum atomic E-state index is 11.4. The number of unbranched alkanes of at least 4 members (excludes halogenated alkanes) is 1. The number of carbonyl (C=O) groups is 1. The van der Waals surface area contributed by atoms with Gasteiger partial charge in [-0.1, -0.05) is 43.7 Å². The van der Waals surface area contributed by atoms with Crippen molar-refractivity contribution in [3.63, 3.8) is 0 Å². The first kappa shape index (κ1) is 13.7. The van der Waals surface area contributed by atoms with Crippen LogP contribution in [0.2, 0.25) is 0 Å². The topological polar surface area (TPSA) is 39.2 Å². The van der Waals surface area contributed by atoms with Gasteiger partial charge in [-0.25, -0.2) is 4.98 Å². The van der Waals surface area contributed by atoms with E-state index in [-0.39, 0.29) is 5.97 Å². The minimum Gasteiger partial charge on any atom is -0.460 e. The van der Waals surface area contributed by atoms with Gasteiger partial charge in [-0.3, -0.25) is 4.79 Å². The fraction of sp³-hybridized carbons (Fsp3) is 0.333. The van der Waals surface area contributed by atoms with E-state index in [1.165, 1.54) is 0 Å². The van der Waals surface area contributed by atoms with Crippen LogP contribution in [0.3, 0.4) is 0 Å². The Bertz CT molecular complexity index is 522. The van der Waals surface area contributed by atoms with Gasteiger partial charge in [0.25, 0.3) is 0 Å². The summed E-state index contributed by atoms with van der Waals surface area (Å²) in [7, 11) is 0. The molecule has 2 aromatic rings. The maximum Gasteiger partial charge on any atom is 0.306 e. The van der Waals surface area contributed by atoms with Gasteiger partial charge in [-0.15, -0.1) is 11.3 Å². The highest BCUT2D eigenvalue weighted by Crippen LogP contribution is 2.25. The second-order valence-electron chi connectivity index (χ2n) is 4.26. The average molecular weight is 275 g/mol. The lowest BCUT2D eigenvalue weighted by Gasteiger charge is -2.01. The first-order valence-corrected chi connectivity index (χ1v) is 7.27. The zero-order chi connectivity index (χ0) is 13.5. The summed E-state index contributed by atoms with van der Waals surface area (Å²) in [5.41, 5.74) is 1.09. The zero-order valence-electron chi connectivity index (χ0n) is 11.0. The number of esters is 1. The molecule has 1 aromatic carbocycles. The van der Waals surface area contributed by atoms with Crippen LogP contribution in [0.25, 0.3) is 10.6 Å². The number of ether oxygens (including phenoxy) is 1. The molecule has 1 heterocycles. The van der Waals surface area contributed by atoms with Gasteiger partial charge >= 0.3 is 5.97 Å². The predicted molar refractivity (Wildman–Crippen MR) is 76.9 cm³/mol. The van der Waals surface area contributed by atoms with Gasteiger partial charge in [-0.05, 0) is 6.42 Å². The number of aromatic nitrogens is 1. The number of hydrogen-bond donors (Lipinski definition) is 0. The Hall–Kier alpha value is -1.68. The molecule has 0 aliphatic carbocycles. The Balaban J connectivity index is 1.90. The van der Waals surface area contributed by atoms with E-state index in [9.17, 15) is 4.79 Å². The van der Waals surface area contributed by atoms with E-state index in [1.807, 2.05) is 30.3 Å². The van der Waals surface area contributed by atoms with Crippen molar-refractivity contribution >= 4 is 17.3 Å². The van der Waals surface area contributed by atoms with Gasteiger partial charge in [0, 0.05) is 18.2 Å². The van der Waals surface area contributed by atoms with Gasteiger partial charge in [0.1, 0.15) is 11.6 Å². The third-order valence-corrected chi connectivity index (χ3v) is 3.70. The zero-order valence-corrected chi connectivity index (χ0v) is 11.8. The highest BCUT2D eigenvalue weighted by Gasteiger charge is 2.07. The molecule has 0 saturated heterocycles. The van der Waals surface area contributed by atoms with E-state index >= 15 is 0 Å². The molecule has 0 unspecified atom stereocenters. The molecule has 100 valence electrons. The van der Waals surface area contributed by atoms with Crippen LogP contribution >= 0.6 is 11.3 Å². The van der Waals surface area contributed by atoms with Crippen molar-refractivity contribution in [3.05, 3.63) is 41.4 Å². The van der Waals surface area contributed by atoms with Crippen molar-refractivity contribution in [2.75, 3.05) is 0 Å². The van der Waals surface area contributed by atoms with Crippen LogP contribution in [0.15, 0.2) is 36.5 Å². The molecule has 0 aliphatic rings. The summed E-state index contributed by atoms with van der Waals surface area (Å²) in [5, 5.41) is 0.959. The van der Waals surface area contributed by atoms with Crippen LogP contribution in [0.5, 0.6) is 0 Å². The smallest absolute Gasteiger partial charge is 0.306 e. The summed E-state index contributed by atoms with van der Waals surface area (Å²) in [5.74, 6) is -0.128. The molecule has 0 amide bonds. The summed E-state index contributed by atoms with van der Waals surface area (Å²) >= 11 is 1.56. The Morgan fingerprint density at radius 2 is 2.11 bits per heavy atom. The van der Waals surface area contributed by atoms with Gasteiger partial charge in [0.15, 0.2) is 0 Å². The normalized spacial score (nSPS) is 10.4. The molecule has 0 N–H and O–H groups in total. The quantitative estimate of drug-likeness (QED) is 0.747. The largest absolute Gasteiger partial charge is 0.460 e. The molecule has 0 fully saturated rings. The molecule has 2 rings (SSSR count). The number of carbonyl (C=O) groups excluding carboxylic acids is 1. The molecule has 0 spiro atoms. The number of nitrogens with zero attached hydrogens (tertiary/aromatic N) is 1. The molecule has 0 saturated carbocycles. The Kier molecular flexibility index (Phi) is 5.10. The van der Waals surface area contributed by atoms with Crippen molar-refractivity contribution < 1.29 is 9.53 Å². The molecule has 0 atom stereocenters. The molecule has 4 heteroatoms. The molecule has 3 nitrogen and oxygen atoms in total. The van der Waals surface area contributed by atoms with Crippen molar-refractivity contribution in [1.82, 2.24) is 4.98 Å². The second-order valence-corrected chi connectivity index (χ2v) is 5.38. The first-order chi connectivity index (χ1) is 9.29. The Labute approximate surface area is 117 Å². The van der Waals surface area contributed by atoms with E-state index in [2.05, 4.69) is 11.9 Å². The number of hydrogen-bond acceptors (Lipinski definition) is 4. The molecular formula is C15H17NO2S. The lowest BCUT2D eigenvalue weighted by molar-refractivity contribution is -0.144. The molecular weight excluding hydrogens is 258 g/mol. The summed E-state index contributed by atoms with van der Waals surface area (Å²) in [6, 6.07) is 10.0. The lowest BCUT2D eigenvalue weighted by atomic mass is 10.2. The minimum atomic E-state index is -0.128. The van der Waals surface area contributed by atoms with Crippen molar-refractivity contribution in [2.24, 2.45) is 0 Å². The van der Waals surface area contributed by atoms with Gasteiger partial charge < -0.3 is 4.74 Å². The second kappa shape index (κ2) is 7.04. The summed E-state index contributed by atoms with van der Waals surface area (Å²) in [4.78, 5) is 16.7. The fourth-order valence-electron chi connectivity index (χ4n) is 1.63. The monoisotopic (exact) mass is 275 g/mol. The number of thiazole rings is 1. The Morgan fingerprint density at radius 1 is 1.32 bits per heavy atom. The maximum absolute atomic E-state index is 11.4. The van der Waals surface area contributed by atoms with Crippen LogP contribution in [0.1, 0.15) is 31.1 Å². The van der Waals surface area contributed by atoms with Crippen molar-refractivity contribution in [3.8, 4) is 10.6 Å². The van der Waals surface area contributed by atoms with Crippen molar-refractivity contribution in [2.45, 2.75) is 32.8 Å². The van der Waals surface area contributed by atoms with Crippen LogP contribution in [0.4, 0.5) is 0 Å². The third kappa shape index (κ3) is 4.17. The van der Waals surface area contributed by atoms with Crippen LogP contribution in [-0.2, 0) is 16.1 Å². The van der Waals surface area contributed by atoms with Crippen molar-refractivity contribution in [1.29, 1.82) is 0 Å². The van der Waals surface area contributed by atoms with Gasteiger partial charge in [-0.2, -0.15) is 0 Å². The van der Waals surface area contributed by atoms with Crippen LogP contribution in [0, 0.1) is 0 Å². The average Bonchev–Trinajstić information content (AvgIpc) is 2.93. The molecule has 0 radical (unpaired) electrons. The Morgan fingerprint density at radius 3 is 2.84 bits per heavy atom. The molecule has 19 heavy (non-hydrogen) atoms. The highest BCUT2D eigenvalue weighted by molar-refractivity contribution is 7.15. The molecule has 1 aromatic heterocycles. The fourth-order valence-corrected chi connectivity index (χ4v) is 2.46. The van der Waals surface area contributed by atoms with E-state index in [4.69, 9.17) is 4.74 Å². The highest BCUT2D eigenvalue weighted by atomic mass is 32.1. The molecule has 0 aliphatic heterocycles. The number of rotatable bonds is 6. The van der Waals surface area contributed by atoms with E-state index in [0.29, 0.717) is 13.0 Å². The lowest BCUT2D eigenvalue weighted by Crippen LogP contribution is -2.03. The van der Waals surface area contributed by atoms with E-state index < -0.39 is 0 Å². The van der Waals surface area contributed by atoms with E-state index in [1.54, 1.807) is 17.5 Å². The predicted octanol–water partition coefficient (Wildman–Crippen LogP) is 4.04. The minimum absolute atomic E-state index is 0.128. The van der Waals surface area contributed by atoms with Gasteiger partial charge in [0.05, 0.1) is 4.88 Å². The summed E-state index contributed by atoms with van der Waals surface area (Å²) < 4.78 is 5.21. The standard InChI is InChI=1S/C15H17NO2S/c1-2-3-9-14(17)18-11-13-10-16-15(19-13)12-7-5-4-6-8-12/h4-8,10H,2-3,9,11H2,1H3. The van der Waals surface area contributed by atoms with Gasteiger partial charge in [0.2, 0.25) is 0 Å².